The first kappa shape index (κ1) is 15.5. The molecule has 1 aromatic carbocycles. The lowest BCUT2D eigenvalue weighted by molar-refractivity contribution is 0.00578. The average molecular weight is 314 g/mol. The molecule has 23 heavy (non-hydrogen) atoms. The van der Waals surface area contributed by atoms with Gasteiger partial charge in [0.25, 0.3) is 0 Å². The predicted molar refractivity (Wildman–Crippen MR) is 94.3 cm³/mol. The Morgan fingerprint density at radius 2 is 1.61 bits per heavy atom. The summed E-state index contributed by atoms with van der Waals surface area (Å²) >= 11 is 0. The molecule has 1 aromatic rings. The monoisotopic (exact) mass is 314 g/mol. The lowest BCUT2D eigenvalue weighted by atomic mass is 9.79. The average Bonchev–Trinajstić information content (AvgIpc) is 3.19. The van der Waals surface area contributed by atoms with Gasteiger partial charge in [0.2, 0.25) is 0 Å². The number of piperazine rings is 1. The molecule has 2 aliphatic heterocycles. The molecule has 1 aliphatic carbocycles. The molecule has 0 radical (unpaired) electrons. The van der Waals surface area contributed by atoms with Gasteiger partial charge in [-0.1, -0.05) is 12.1 Å². The molecule has 0 unspecified atom stereocenters. The Morgan fingerprint density at radius 1 is 1.00 bits per heavy atom. The topological polar surface area (TPSA) is 33.7 Å². The van der Waals surface area contributed by atoms with Crippen LogP contribution in [0.15, 0.2) is 24.3 Å². The zero-order valence-corrected chi connectivity index (χ0v) is 14.7. The molecule has 124 valence electrons. The van der Waals surface area contributed by atoms with Crippen LogP contribution in [0.4, 0.5) is 5.69 Å². The van der Waals surface area contributed by atoms with E-state index in [2.05, 4.69) is 62.2 Å². The van der Waals surface area contributed by atoms with Crippen LogP contribution in [0, 0.1) is 0 Å². The molecular formula is C18H27BN2O2. The van der Waals surface area contributed by atoms with Crippen LogP contribution in [0.25, 0.3) is 0 Å². The van der Waals surface area contributed by atoms with E-state index in [-0.39, 0.29) is 18.3 Å². The van der Waals surface area contributed by atoms with E-state index in [0.717, 1.165) is 25.1 Å². The fraction of sp³-hybridized carbons (Fsp3) is 0.667. The zero-order valence-electron chi connectivity index (χ0n) is 14.7. The molecular weight excluding hydrogens is 287 g/mol. The van der Waals surface area contributed by atoms with Crippen molar-refractivity contribution in [2.24, 2.45) is 0 Å². The summed E-state index contributed by atoms with van der Waals surface area (Å²) < 4.78 is 12.3. The van der Waals surface area contributed by atoms with Gasteiger partial charge in [0, 0.05) is 30.9 Å². The molecule has 0 atom stereocenters. The number of rotatable bonds is 2. The maximum atomic E-state index is 6.13. The van der Waals surface area contributed by atoms with E-state index in [9.17, 15) is 0 Å². The predicted octanol–water partition coefficient (Wildman–Crippen LogP) is 1.93. The van der Waals surface area contributed by atoms with Crippen LogP contribution in [-0.4, -0.2) is 43.5 Å². The van der Waals surface area contributed by atoms with Gasteiger partial charge in [-0.05, 0) is 58.1 Å². The molecule has 0 amide bonds. The van der Waals surface area contributed by atoms with Gasteiger partial charge < -0.3 is 19.5 Å². The Hall–Kier alpha value is -1.04. The first-order valence-corrected chi connectivity index (χ1v) is 8.76. The van der Waals surface area contributed by atoms with Crippen molar-refractivity contribution in [1.82, 2.24) is 5.32 Å². The van der Waals surface area contributed by atoms with Crippen molar-refractivity contribution in [3.8, 4) is 0 Å². The minimum atomic E-state index is -0.284. The molecule has 1 saturated carbocycles. The van der Waals surface area contributed by atoms with Gasteiger partial charge in [-0.2, -0.15) is 0 Å². The van der Waals surface area contributed by atoms with Crippen molar-refractivity contribution < 1.29 is 9.31 Å². The molecule has 1 spiro atoms. The van der Waals surface area contributed by atoms with Crippen LogP contribution in [-0.2, 0) is 9.31 Å². The lowest BCUT2D eigenvalue weighted by Gasteiger charge is -2.35. The number of hydrogen-bond acceptors (Lipinski definition) is 4. The molecule has 2 heterocycles. The van der Waals surface area contributed by atoms with E-state index >= 15 is 0 Å². The Labute approximate surface area is 139 Å². The van der Waals surface area contributed by atoms with E-state index in [1.54, 1.807) is 0 Å². The van der Waals surface area contributed by atoms with Crippen LogP contribution >= 0.6 is 0 Å². The van der Waals surface area contributed by atoms with Crippen molar-refractivity contribution in [2.75, 3.05) is 24.5 Å². The second kappa shape index (κ2) is 4.98. The summed E-state index contributed by atoms with van der Waals surface area (Å²) in [5, 5.41) is 3.66. The normalized spacial score (nSPS) is 27.5. The molecule has 4 rings (SSSR count). The summed E-state index contributed by atoms with van der Waals surface area (Å²) in [5.41, 5.74) is 2.24. The van der Waals surface area contributed by atoms with E-state index in [1.807, 2.05) is 0 Å². The number of nitrogens with one attached hydrogen (secondary N) is 1. The Kier molecular flexibility index (Phi) is 3.35. The highest BCUT2D eigenvalue weighted by molar-refractivity contribution is 6.62. The summed E-state index contributed by atoms with van der Waals surface area (Å²) in [4.78, 5) is 2.50. The highest BCUT2D eigenvalue weighted by Crippen LogP contribution is 2.39. The van der Waals surface area contributed by atoms with Crippen LogP contribution in [0.5, 0.6) is 0 Å². The van der Waals surface area contributed by atoms with Gasteiger partial charge in [0.1, 0.15) is 0 Å². The van der Waals surface area contributed by atoms with Gasteiger partial charge in [0.05, 0.1) is 11.2 Å². The summed E-state index contributed by atoms with van der Waals surface area (Å²) in [6.07, 6.45) is 2.63. The fourth-order valence-electron chi connectivity index (χ4n) is 3.48. The third-order valence-corrected chi connectivity index (χ3v) is 6.01. The van der Waals surface area contributed by atoms with Crippen molar-refractivity contribution in [3.05, 3.63) is 24.3 Å². The molecule has 1 N–H and O–H groups in total. The second-order valence-corrected chi connectivity index (χ2v) is 8.31. The van der Waals surface area contributed by atoms with Gasteiger partial charge in [-0.25, -0.2) is 0 Å². The van der Waals surface area contributed by atoms with Crippen molar-refractivity contribution in [1.29, 1.82) is 0 Å². The van der Waals surface area contributed by atoms with Crippen molar-refractivity contribution in [2.45, 2.75) is 57.3 Å². The molecule has 5 heteroatoms. The second-order valence-electron chi connectivity index (χ2n) is 8.31. The van der Waals surface area contributed by atoms with Gasteiger partial charge in [0.15, 0.2) is 0 Å². The van der Waals surface area contributed by atoms with E-state index in [0.29, 0.717) is 5.54 Å². The van der Waals surface area contributed by atoms with E-state index in [1.165, 1.54) is 18.5 Å². The highest BCUT2D eigenvalue weighted by atomic mass is 16.7. The van der Waals surface area contributed by atoms with Crippen LogP contribution in [0.3, 0.4) is 0 Å². The van der Waals surface area contributed by atoms with Gasteiger partial charge in [-0.3, -0.25) is 0 Å². The van der Waals surface area contributed by atoms with E-state index in [4.69, 9.17) is 9.31 Å². The zero-order chi connectivity index (χ0) is 16.3. The standard InChI is InChI=1S/C18H27BN2O2/c1-16(2)17(3,4)23-19(22-16)14-5-7-15(8-6-14)21-12-11-20-18(13-21)9-10-18/h5-8,20H,9-13H2,1-4H3. The molecule has 3 fully saturated rings. The summed E-state index contributed by atoms with van der Waals surface area (Å²) in [6.45, 7) is 11.7. The number of anilines is 1. The third kappa shape index (κ3) is 2.69. The Bertz CT molecular complexity index is 580. The fourth-order valence-corrected chi connectivity index (χ4v) is 3.48. The summed E-state index contributed by atoms with van der Waals surface area (Å²) in [7, 11) is -0.271. The SMILES string of the molecule is CC1(C)OB(c2ccc(N3CCNC4(CC4)C3)cc2)OC1(C)C. The largest absolute Gasteiger partial charge is 0.494 e. The number of nitrogens with zero attached hydrogens (tertiary/aromatic N) is 1. The van der Waals surface area contributed by atoms with Crippen LogP contribution in [0.1, 0.15) is 40.5 Å². The van der Waals surface area contributed by atoms with Crippen molar-refractivity contribution >= 4 is 18.3 Å². The van der Waals surface area contributed by atoms with Gasteiger partial charge >= 0.3 is 7.12 Å². The number of hydrogen-bond donors (Lipinski definition) is 1. The minimum absolute atomic E-state index is 0.271. The molecule has 0 aromatic heterocycles. The summed E-state index contributed by atoms with van der Waals surface area (Å²) in [6, 6.07) is 8.72. The first-order chi connectivity index (χ1) is 10.8. The number of benzene rings is 1. The van der Waals surface area contributed by atoms with Crippen molar-refractivity contribution in [3.63, 3.8) is 0 Å². The molecule has 3 aliphatic rings. The summed E-state index contributed by atoms with van der Waals surface area (Å²) in [5.74, 6) is 0. The minimum Gasteiger partial charge on any atom is -0.399 e. The lowest BCUT2D eigenvalue weighted by Crippen LogP contribution is -2.52. The Morgan fingerprint density at radius 3 is 2.17 bits per heavy atom. The highest BCUT2D eigenvalue weighted by Gasteiger charge is 2.51. The maximum Gasteiger partial charge on any atom is 0.494 e. The Balaban J connectivity index is 1.48. The maximum absolute atomic E-state index is 6.13. The van der Waals surface area contributed by atoms with E-state index < -0.39 is 0 Å². The van der Waals surface area contributed by atoms with Gasteiger partial charge in [-0.15, -0.1) is 0 Å². The quantitative estimate of drug-likeness (QED) is 0.846. The molecule has 2 saturated heterocycles. The molecule has 0 bridgehead atoms. The smallest absolute Gasteiger partial charge is 0.399 e. The first-order valence-electron chi connectivity index (χ1n) is 8.76. The van der Waals surface area contributed by atoms with Crippen LogP contribution in [0.2, 0.25) is 0 Å². The van der Waals surface area contributed by atoms with Crippen LogP contribution < -0.4 is 15.7 Å². The third-order valence-electron chi connectivity index (χ3n) is 6.01. The molecule has 4 nitrogen and oxygen atoms in total.